The molecule has 5 nitrogen and oxygen atoms in total. The summed E-state index contributed by atoms with van der Waals surface area (Å²) in [6, 6.07) is 16.5. The number of rotatable bonds is 2. The van der Waals surface area contributed by atoms with E-state index in [0.29, 0.717) is 32.7 Å². The number of nitrogens with zero attached hydrogens (tertiary/aromatic N) is 1. The smallest absolute Gasteiger partial charge is 0.410 e. The molecule has 0 saturated carbocycles. The highest BCUT2D eigenvalue weighted by atomic mass is 16.6. The van der Waals surface area contributed by atoms with Crippen molar-refractivity contribution in [1.82, 2.24) is 4.90 Å². The third-order valence-corrected chi connectivity index (χ3v) is 6.04. The van der Waals surface area contributed by atoms with Gasteiger partial charge >= 0.3 is 6.09 Å². The molecule has 1 aliphatic carbocycles. The van der Waals surface area contributed by atoms with Gasteiger partial charge in [0.1, 0.15) is 6.61 Å². The van der Waals surface area contributed by atoms with E-state index >= 15 is 0 Å². The summed E-state index contributed by atoms with van der Waals surface area (Å²) in [5.41, 5.74) is 4.87. The fourth-order valence-electron chi connectivity index (χ4n) is 4.85. The Labute approximate surface area is 158 Å². The maximum absolute atomic E-state index is 12.9. The first-order chi connectivity index (χ1) is 13.2. The van der Waals surface area contributed by atoms with Crippen LogP contribution in [-0.4, -0.2) is 54.1 Å². The SMILES string of the molecule is O=C(OCC1c2ccccc2-c2ccccc21)N1[C@@H]2COC[C@H]1CC(O)C2. The minimum atomic E-state index is -0.360. The Kier molecular flexibility index (Phi) is 4.14. The second-order valence-corrected chi connectivity index (χ2v) is 7.68. The Morgan fingerprint density at radius 3 is 2.15 bits per heavy atom. The van der Waals surface area contributed by atoms with E-state index in [9.17, 15) is 9.90 Å². The number of fused-ring (bicyclic) bond motifs is 5. The number of aliphatic hydroxyl groups is 1. The molecule has 3 aliphatic rings. The Morgan fingerprint density at radius 1 is 1.00 bits per heavy atom. The lowest BCUT2D eigenvalue weighted by molar-refractivity contribution is -0.0948. The molecule has 2 saturated heterocycles. The van der Waals surface area contributed by atoms with Crippen molar-refractivity contribution in [3.63, 3.8) is 0 Å². The van der Waals surface area contributed by atoms with E-state index in [4.69, 9.17) is 9.47 Å². The molecular formula is C22H23NO4. The van der Waals surface area contributed by atoms with Crippen LogP contribution in [0.25, 0.3) is 11.1 Å². The summed E-state index contributed by atoms with van der Waals surface area (Å²) >= 11 is 0. The predicted octanol–water partition coefficient (Wildman–Crippen LogP) is 3.16. The number of amides is 1. The number of piperidine rings is 1. The van der Waals surface area contributed by atoms with Gasteiger partial charge in [-0.1, -0.05) is 48.5 Å². The van der Waals surface area contributed by atoms with Crippen LogP contribution in [0.15, 0.2) is 48.5 Å². The Hall–Kier alpha value is -2.37. The van der Waals surface area contributed by atoms with Crippen LogP contribution in [-0.2, 0) is 9.47 Å². The first-order valence-electron chi connectivity index (χ1n) is 9.61. The van der Waals surface area contributed by atoms with Crippen LogP contribution in [0.2, 0.25) is 0 Å². The normalized spacial score (nSPS) is 26.4. The van der Waals surface area contributed by atoms with E-state index in [-0.39, 0.29) is 30.2 Å². The van der Waals surface area contributed by atoms with Gasteiger partial charge in [0.2, 0.25) is 0 Å². The number of morpholine rings is 1. The molecule has 27 heavy (non-hydrogen) atoms. The summed E-state index contributed by atoms with van der Waals surface area (Å²) < 4.78 is 11.4. The minimum absolute atomic E-state index is 0.0628. The van der Waals surface area contributed by atoms with Crippen molar-refractivity contribution in [2.24, 2.45) is 0 Å². The molecule has 5 heteroatoms. The van der Waals surface area contributed by atoms with Crippen LogP contribution in [0, 0.1) is 0 Å². The Morgan fingerprint density at radius 2 is 1.56 bits per heavy atom. The van der Waals surface area contributed by atoms with Crippen LogP contribution in [0.4, 0.5) is 4.79 Å². The molecule has 140 valence electrons. The fraction of sp³-hybridized carbons (Fsp3) is 0.409. The standard InChI is InChI=1S/C22H23NO4/c24-16-9-14-11-26-12-15(10-16)23(14)22(25)27-13-21-19-7-3-1-5-17(19)18-6-2-4-8-20(18)21/h1-8,14-16,21,24H,9-13H2/t14-,15+,16?. The molecule has 2 bridgehead atoms. The summed E-state index contributed by atoms with van der Waals surface area (Å²) in [4.78, 5) is 14.7. The molecule has 1 unspecified atom stereocenters. The van der Waals surface area contributed by atoms with Crippen molar-refractivity contribution in [2.45, 2.75) is 36.9 Å². The second-order valence-electron chi connectivity index (χ2n) is 7.68. The van der Waals surface area contributed by atoms with E-state index in [1.165, 1.54) is 22.3 Å². The molecule has 2 fully saturated rings. The quantitative estimate of drug-likeness (QED) is 0.888. The zero-order chi connectivity index (χ0) is 18.4. The minimum Gasteiger partial charge on any atom is -0.448 e. The molecule has 2 heterocycles. The van der Waals surface area contributed by atoms with E-state index in [0.717, 1.165) is 0 Å². The number of carbonyl (C=O) groups excluding carboxylic acids is 1. The molecule has 3 atom stereocenters. The summed E-state index contributed by atoms with van der Waals surface area (Å²) in [7, 11) is 0. The monoisotopic (exact) mass is 365 g/mol. The predicted molar refractivity (Wildman–Crippen MR) is 101 cm³/mol. The van der Waals surface area contributed by atoms with Crippen LogP contribution < -0.4 is 0 Å². The van der Waals surface area contributed by atoms with Gasteiger partial charge in [0.25, 0.3) is 0 Å². The average molecular weight is 365 g/mol. The number of aliphatic hydroxyl groups excluding tert-OH is 1. The Balaban J connectivity index is 1.35. The lowest BCUT2D eigenvalue weighted by Crippen LogP contribution is -2.60. The lowest BCUT2D eigenvalue weighted by Gasteiger charge is -2.46. The molecule has 2 aromatic rings. The average Bonchev–Trinajstić information content (AvgIpc) is 2.99. The molecule has 1 N–H and O–H groups in total. The highest BCUT2D eigenvalue weighted by molar-refractivity contribution is 5.79. The largest absolute Gasteiger partial charge is 0.448 e. The van der Waals surface area contributed by atoms with Gasteiger partial charge in [0.15, 0.2) is 0 Å². The lowest BCUT2D eigenvalue weighted by atomic mass is 9.92. The number of hydrogen-bond donors (Lipinski definition) is 1. The molecule has 5 rings (SSSR count). The van der Waals surface area contributed by atoms with Gasteiger partial charge in [0.05, 0.1) is 31.4 Å². The second kappa shape index (κ2) is 6.66. The highest BCUT2D eigenvalue weighted by Crippen LogP contribution is 2.44. The molecule has 0 radical (unpaired) electrons. The fourth-order valence-corrected chi connectivity index (χ4v) is 4.85. The van der Waals surface area contributed by atoms with Crippen LogP contribution in [0.3, 0.4) is 0 Å². The van der Waals surface area contributed by atoms with Crippen LogP contribution >= 0.6 is 0 Å². The van der Waals surface area contributed by atoms with Crippen molar-refractivity contribution < 1.29 is 19.4 Å². The Bertz CT molecular complexity index is 807. The molecule has 0 spiro atoms. The first kappa shape index (κ1) is 16.8. The summed E-state index contributed by atoms with van der Waals surface area (Å²) in [6.07, 6.45) is 0.463. The van der Waals surface area contributed by atoms with Gasteiger partial charge in [-0.25, -0.2) is 4.79 Å². The number of ether oxygens (including phenoxy) is 2. The molecule has 0 aromatic heterocycles. The first-order valence-corrected chi connectivity index (χ1v) is 9.61. The molecular weight excluding hydrogens is 342 g/mol. The van der Waals surface area contributed by atoms with E-state index < -0.39 is 0 Å². The summed E-state index contributed by atoms with van der Waals surface area (Å²) in [5, 5.41) is 10.0. The van der Waals surface area contributed by atoms with Crippen molar-refractivity contribution in [3.8, 4) is 11.1 Å². The molecule has 2 aliphatic heterocycles. The van der Waals surface area contributed by atoms with Gasteiger partial charge in [-0.15, -0.1) is 0 Å². The van der Waals surface area contributed by atoms with Crippen molar-refractivity contribution in [3.05, 3.63) is 59.7 Å². The maximum Gasteiger partial charge on any atom is 0.410 e. The number of hydrogen-bond acceptors (Lipinski definition) is 4. The van der Waals surface area contributed by atoms with E-state index in [2.05, 4.69) is 24.3 Å². The van der Waals surface area contributed by atoms with Crippen molar-refractivity contribution in [2.75, 3.05) is 19.8 Å². The van der Waals surface area contributed by atoms with E-state index in [1.54, 1.807) is 4.90 Å². The number of benzene rings is 2. The molecule has 1 amide bonds. The zero-order valence-corrected chi connectivity index (χ0v) is 15.1. The third kappa shape index (κ3) is 2.82. The molecule has 2 aromatic carbocycles. The van der Waals surface area contributed by atoms with Gasteiger partial charge in [-0.05, 0) is 35.1 Å². The third-order valence-electron chi connectivity index (χ3n) is 6.04. The maximum atomic E-state index is 12.9. The van der Waals surface area contributed by atoms with Gasteiger partial charge in [-0.3, -0.25) is 4.90 Å². The number of carbonyl (C=O) groups is 1. The van der Waals surface area contributed by atoms with Crippen LogP contribution in [0.5, 0.6) is 0 Å². The van der Waals surface area contributed by atoms with Crippen LogP contribution in [0.1, 0.15) is 29.9 Å². The van der Waals surface area contributed by atoms with Gasteiger partial charge in [0, 0.05) is 5.92 Å². The summed E-state index contributed by atoms with van der Waals surface area (Å²) in [6.45, 7) is 1.27. The van der Waals surface area contributed by atoms with Gasteiger partial charge < -0.3 is 14.6 Å². The summed E-state index contributed by atoms with van der Waals surface area (Å²) in [5.74, 6) is 0.0628. The highest BCUT2D eigenvalue weighted by Gasteiger charge is 2.42. The topological polar surface area (TPSA) is 59.0 Å². The van der Waals surface area contributed by atoms with Crippen molar-refractivity contribution >= 4 is 6.09 Å². The van der Waals surface area contributed by atoms with Gasteiger partial charge in [-0.2, -0.15) is 0 Å². The zero-order valence-electron chi connectivity index (χ0n) is 15.1. The van der Waals surface area contributed by atoms with E-state index in [1.807, 2.05) is 24.3 Å². The van der Waals surface area contributed by atoms with Crippen molar-refractivity contribution in [1.29, 1.82) is 0 Å².